The van der Waals surface area contributed by atoms with Crippen molar-refractivity contribution in [3.05, 3.63) is 47.2 Å². The lowest BCUT2D eigenvalue weighted by atomic mass is 10.1. The number of likely N-dealkylation sites (tertiary alicyclic amines) is 1. The maximum absolute atomic E-state index is 12.4. The third-order valence-corrected chi connectivity index (χ3v) is 4.53. The summed E-state index contributed by atoms with van der Waals surface area (Å²) < 4.78 is 10.2. The van der Waals surface area contributed by atoms with Crippen molar-refractivity contribution in [3.8, 4) is 0 Å². The fourth-order valence-electron chi connectivity index (χ4n) is 2.99. The van der Waals surface area contributed by atoms with Gasteiger partial charge in [-0.3, -0.25) is 9.59 Å². The summed E-state index contributed by atoms with van der Waals surface area (Å²) in [6.45, 7) is 4.76. The van der Waals surface area contributed by atoms with E-state index in [-0.39, 0.29) is 11.7 Å². The quantitative estimate of drug-likeness (QED) is 0.735. The van der Waals surface area contributed by atoms with Gasteiger partial charge in [0.2, 0.25) is 5.91 Å². The van der Waals surface area contributed by atoms with Crippen molar-refractivity contribution >= 4 is 23.6 Å². The van der Waals surface area contributed by atoms with Gasteiger partial charge in [-0.05, 0) is 37.5 Å². The van der Waals surface area contributed by atoms with Crippen molar-refractivity contribution in [1.29, 1.82) is 0 Å². The third kappa shape index (κ3) is 4.76. The van der Waals surface area contributed by atoms with Gasteiger partial charge in [0.1, 0.15) is 5.76 Å². The minimum Gasteiger partial charge on any atom is -0.449 e. The number of rotatable bonds is 7. The molecular formula is C20H23N3O5. The third-order valence-electron chi connectivity index (χ3n) is 4.53. The van der Waals surface area contributed by atoms with E-state index in [0.717, 1.165) is 18.5 Å². The molecule has 8 heteroatoms. The van der Waals surface area contributed by atoms with Gasteiger partial charge >= 0.3 is 5.97 Å². The monoisotopic (exact) mass is 385 g/mol. The summed E-state index contributed by atoms with van der Waals surface area (Å²) >= 11 is 0. The second kappa shape index (κ2) is 8.69. The van der Waals surface area contributed by atoms with Gasteiger partial charge in [-0.1, -0.05) is 24.2 Å². The molecule has 3 rings (SSSR count). The maximum atomic E-state index is 12.4. The standard InChI is InChI=1S/C20H23N3O5/c1-3-16(19(25)21-17-11-13(2)28-22-17)27-20(26)15-8-6-14(7-9-15)12-23-10-4-5-18(23)24/h6-9,11,16H,3-5,10,12H2,1-2H3,(H,21,22,25). The van der Waals surface area contributed by atoms with Gasteiger partial charge in [0.05, 0.1) is 5.56 Å². The average Bonchev–Trinajstić information content (AvgIpc) is 3.28. The van der Waals surface area contributed by atoms with E-state index in [4.69, 9.17) is 9.26 Å². The van der Waals surface area contributed by atoms with Gasteiger partial charge in [0.15, 0.2) is 11.9 Å². The lowest BCUT2D eigenvalue weighted by Crippen LogP contribution is -2.32. The molecule has 0 saturated carbocycles. The number of ether oxygens (including phenoxy) is 1. The highest BCUT2D eigenvalue weighted by Gasteiger charge is 2.23. The van der Waals surface area contributed by atoms with Gasteiger partial charge < -0.3 is 19.5 Å². The van der Waals surface area contributed by atoms with Crippen LogP contribution in [0.25, 0.3) is 0 Å². The number of carbonyl (C=O) groups is 3. The zero-order chi connectivity index (χ0) is 20.1. The summed E-state index contributed by atoms with van der Waals surface area (Å²) in [6.07, 6.45) is 0.867. The van der Waals surface area contributed by atoms with Gasteiger partial charge in [0, 0.05) is 25.6 Å². The van der Waals surface area contributed by atoms with E-state index in [1.54, 1.807) is 49.1 Å². The summed E-state index contributed by atoms with van der Waals surface area (Å²) in [5.41, 5.74) is 1.29. The predicted molar refractivity (Wildman–Crippen MR) is 100 cm³/mol. The molecule has 0 spiro atoms. The first-order valence-corrected chi connectivity index (χ1v) is 9.28. The SMILES string of the molecule is CCC(OC(=O)c1ccc(CN2CCCC2=O)cc1)C(=O)Nc1cc(C)on1. The molecule has 1 atom stereocenters. The minimum atomic E-state index is -0.939. The van der Waals surface area contributed by atoms with E-state index < -0.39 is 18.0 Å². The lowest BCUT2D eigenvalue weighted by molar-refractivity contribution is -0.128. The number of carbonyl (C=O) groups excluding carboxylic acids is 3. The molecule has 0 radical (unpaired) electrons. The molecule has 0 bridgehead atoms. The zero-order valence-corrected chi connectivity index (χ0v) is 15.9. The predicted octanol–water partition coefficient (Wildman–Crippen LogP) is 2.68. The van der Waals surface area contributed by atoms with E-state index in [0.29, 0.717) is 30.7 Å². The number of hydrogen-bond acceptors (Lipinski definition) is 6. The van der Waals surface area contributed by atoms with Crippen LogP contribution in [-0.4, -0.2) is 40.5 Å². The van der Waals surface area contributed by atoms with E-state index >= 15 is 0 Å². The smallest absolute Gasteiger partial charge is 0.338 e. The van der Waals surface area contributed by atoms with Gasteiger partial charge in [-0.2, -0.15) is 0 Å². The Kier molecular flexibility index (Phi) is 6.08. The number of benzene rings is 1. The van der Waals surface area contributed by atoms with Crippen molar-refractivity contribution in [2.45, 2.75) is 45.8 Å². The van der Waals surface area contributed by atoms with Crippen molar-refractivity contribution < 1.29 is 23.6 Å². The lowest BCUT2D eigenvalue weighted by Gasteiger charge is -2.16. The van der Waals surface area contributed by atoms with Crippen LogP contribution in [0, 0.1) is 6.92 Å². The number of esters is 1. The maximum Gasteiger partial charge on any atom is 0.338 e. The zero-order valence-electron chi connectivity index (χ0n) is 15.9. The molecule has 1 aliphatic rings. The molecule has 1 unspecified atom stereocenters. The Morgan fingerprint density at radius 2 is 2.07 bits per heavy atom. The molecule has 1 aromatic heterocycles. The number of anilines is 1. The summed E-state index contributed by atoms with van der Waals surface area (Å²) in [5.74, 6) is -0.0492. The second-order valence-corrected chi connectivity index (χ2v) is 6.73. The molecular weight excluding hydrogens is 362 g/mol. The summed E-state index contributed by atoms with van der Waals surface area (Å²) in [4.78, 5) is 38.2. The summed E-state index contributed by atoms with van der Waals surface area (Å²) in [7, 11) is 0. The largest absolute Gasteiger partial charge is 0.449 e. The van der Waals surface area contributed by atoms with Crippen LogP contribution in [0.15, 0.2) is 34.9 Å². The van der Waals surface area contributed by atoms with Crippen molar-refractivity contribution in [2.75, 3.05) is 11.9 Å². The number of aryl methyl sites for hydroxylation is 1. The Balaban J connectivity index is 1.57. The number of nitrogens with one attached hydrogen (secondary N) is 1. The highest BCUT2D eigenvalue weighted by molar-refractivity contribution is 5.97. The Labute approximate surface area is 162 Å². The highest BCUT2D eigenvalue weighted by Crippen LogP contribution is 2.16. The van der Waals surface area contributed by atoms with Gasteiger partial charge in [0.25, 0.3) is 5.91 Å². The van der Waals surface area contributed by atoms with Crippen molar-refractivity contribution in [3.63, 3.8) is 0 Å². The van der Waals surface area contributed by atoms with Crippen LogP contribution in [0.1, 0.15) is 47.9 Å². The molecule has 1 fully saturated rings. The van der Waals surface area contributed by atoms with Crippen LogP contribution in [0.3, 0.4) is 0 Å². The summed E-state index contributed by atoms with van der Waals surface area (Å²) in [5, 5.41) is 6.26. The fraction of sp³-hybridized carbons (Fsp3) is 0.400. The van der Waals surface area contributed by atoms with Crippen LogP contribution in [0.4, 0.5) is 5.82 Å². The molecule has 1 N–H and O–H groups in total. The van der Waals surface area contributed by atoms with E-state index in [1.165, 1.54) is 0 Å². The first kappa shape index (κ1) is 19.6. The van der Waals surface area contributed by atoms with Gasteiger partial charge in [-0.15, -0.1) is 0 Å². The fourth-order valence-corrected chi connectivity index (χ4v) is 2.99. The van der Waals surface area contributed by atoms with Crippen LogP contribution in [-0.2, 0) is 20.9 Å². The molecule has 148 valence electrons. The minimum absolute atomic E-state index is 0.155. The summed E-state index contributed by atoms with van der Waals surface area (Å²) in [6, 6.07) is 8.45. The Morgan fingerprint density at radius 3 is 2.64 bits per heavy atom. The van der Waals surface area contributed by atoms with E-state index in [9.17, 15) is 14.4 Å². The molecule has 1 aliphatic heterocycles. The molecule has 2 aromatic rings. The van der Waals surface area contributed by atoms with E-state index in [2.05, 4.69) is 10.5 Å². The molecule has 1 aromatic carbocycles. The molecule has 2 heterocycles. The number of hydrogen-bond donors (Lipinski definition) is 1. The van der Waals surface area contributed by atoms with E-state index in [1.807, 2.05) is 0 Å². The molecule has 2 amide bonds. The number of nitrogens with zero attached hydrogens (tertiary/aromatic N) is 2. The Morgan fingerprint density at radius 1 is 1.32 bits per heavy atom. The van der Waals surface area contributed by atoms with Gasteiger partial charge in [-0.25, -0.2) is 4.79 Å². The highest BCUT2D eigenvalue weighted by atomic mass is 16.5. The first-order chi connectivity index (χ1) is 13.5. The molecule has 0 aliphatic carbocycles. The second-order valence-electron chi connectivity index (χ2n) is 6.73. The molecule has 1 saturated heterocycles. The Hall–Kier alpha value is -3.16. The van der Waals surface area contributed by atoms with Crippen molar-refractivity contribution in [1.82, 2.24) is 10.1 Å². The normalized spacial score (nSPS) is 14.8. The molecule has 8 nitrogen and oxygen atoms in total. The van der Waals surface area contributed by atoms with Crippen LogP contribution < -0.4 is 5.32 Å². The van der Waals surface area contributed by atoms with Crippen molar-refractivity contribution in [2.24, 2.45) is 0 Å². The molecule has 28 heavy (non-hydrogen) atoms. The average molecular weight is 385 g/mol. The Bertz CT molecular complexity index is 859. The first-order valence-electron chi connectivity index (χ1n) is 9.28. The van der Waals surface area contributed by atoms with Crippen LogP contribution >= 0.6 is 0 Å². The van der Waals surface area contributed by atoms with Crippen LogP contribution in [0.5, 0.6) is 0 Å². The van der Waals surface area contributed by atoms with Crippen LogP contribution in [0.2, 0.25) is 0 Å². The topological polar surface area (TPSA) is 102 Å². The number of amides is 2. The number of aromatic nitrogens is 1.